The van der Waals surface area contributed by atoms with Gasteiger partial charge in [-0.05, 0) is 50.7 Å². The first kappa shape index (κ1) is 25.7. The van der Waals surface area contributed by atoms with Gasteiger partial charge in [-0.1, -0.05) is 22.8 Å². The van der Waals surface area contributed by atoms with Crippen molar-refractivity contribution < 1.29 is 25.4 Å². The van der Waals surface area contributed by atoms with E-state index >= 15 is 0 Å². The van der Waals surface area contributed by atoms with Crippen LogP contribution in [0.15, 0.2) is 45.0 Å². The summed E-state index contributed by atoms with van der Waals surface area (Å²) in [5.74, 6) is -1.03. The molecule has 1 aromatic heterocycles. The first-order chi connectivity index (χ1) is 15.5. The molecule has 0 saturated carbocycles. The van der Waals surface area contributed by atoms with Crippen molar-refractivity contribution in [2.45, 2.75) is 6.42 Å². The normalized spacial score (nSPS) is 16.5. The molecule has 2 aromatic rings. The lowest BCUT2D eigenvalue weighted by Gasteiger charge is -2.15. The fraction of sp³-hybridized carbons (Fsp3) is 0.400. The van der Waals surface area contributed by atoms with E-state index < -0.39 is 36.8 Å². The minimum atomic E-state index is -4.05. The van der Waals surface area contributed by atoms with Crippen LogP contribution in [0.3, 0.4) is 0 Å². The van der Waals surface area contributed by atoms with E-state index in [2.05, 4.69) is 18.5 Å². The van der Waals surface area contributed by atoms with Crippen LogP contribution in [0, 0.1) is 4.51 Å². The van der Waals surface area contributed by atoms with Gasteiger partial charge in [-0.2, -0.15) is 8.42 Å². The predicted molar refractivity (Wildman–Crippen MR) is 130 cm³/mol. The van der Waals surface area contributed by atoms with Gasteiger partial charge in [0, 0.05) is 18.7 Å². The summed E-state index contributed by atoms with van der Waals surface area (Å²) in [7, 11) is -4.71. The summed E-state index contributed by atoms with van der Waals surface area (Å²) in [5, 5.41) is 2.26. The second-order valence-corrected chi connectivity index (χ2v) is 12.7. The molecular weight excluding hydrogens is 490 g/mol. The Hall–Kier alpha value is -1.87. The molecule has 1 aliphatic rings. The van der Waals surface area contributed by atoms with Crippen molar-refractivity contribution in [2.75, 3.05) is 45.9 Å². The quantitative estimate of drug-likeness (QED) is 0.245. The molecule has 0 aliphatic carbocycles. The topological polar surface area (TPSA) is 135 Å². The van der Waals surface area contributed by atoms with Gasteiger partial charge in [0.1, 0.15) is 15.5 Å². The Morgan fingerprint density at radius 2 is 1.88 bits per heavy atom. The van der Waals surface area contributed by atoms with E-state index in [4.69, 9.17) is 4.42 Å². The van der Waals surface area contributed by atoms with Crippen LogP contribution in [-0.2, 0) is 24.3 Å². The lowest BCUT2D eigenvalue weighted by atomic mass is 10.2. The smallest absolute Gasteiger partial charge is 0.265 e. The molecule has 0 spiro atoms. The van der Waals surface area contributed by atoms with Gasteiger partial charge >= 0.3 is 0 Å². The zero-order valence-electron chi connectivity index (χ0n) is 18.5. The van der Waals surface area contributed by atoms with Crippen LogP contribution in [0.1, 0.15) is 6.42 Å². The number of nitrogens with zero attached hydrogens (tertiary/aromatic N) is 1. The number of para-hydroxylation sites is 1. The average Bonchev–Trinajstić information content (AvgIpc) is 2.74. The zero-order chi connectivity index (χ0) is 24.2. The SMILES string of the molecule is CN(C)CCCNS1=c2c(oc3ccccc3c2=O)=C(CNS(=O)(=O)COS(C)(=O)=O)C=C1. The van der Waals surface area contributed by atoms with E-state index in [1.54, 1.807) is 30.3 Å². The van der Waals surface area contributed by atoms with E-state index in [1.807, 2.05) is 19.5 Å². The third kappa shape index (κ3) is 7.06. The fourth-order valence-corrected chi connectivity index (χ4v) is 6.44. The molecule has 10 nitrogen and oxygen atoms in total. The number of nitrogens with one attached hydrogen (secondary N) is 2. The van der Waals surface area contributed by atoms with Gasteiger partial charge in [-0.25, -0.2) is 13.1 Å². The van der Waals surface area contributed by atoms with E-state index in [-0.39, 0.29) is 12.0 Å². The maximum Gasteiger partial charge on any atom is 0.265 e. The number of fused-ring (bicyclic) bond motifs is 2. The highest BCUT2D eigenvalue weighted by molar-refractivity contribution is 8.10. The Balaban J connectivity index is 2.01. The molecule has 1 atom stereocenters. The molecule has 1 aromatic carbocycles. The minimum Gasteiger partial charge on any atom is -0.455 e. The number of hydrogen-bond acceptors (Lipinski definition) is 9. The molecule has 13 heteroatoms. The maximum atomic E-state index is 13.3. The zero-order valence-corrected chi connectivity index (χ0v) is 21.0. The van der Waals surface area contributed by atoms with Gasteiger partial charge in [0.25, 0.3) is 10.1 Å². The largest absolute Gasteiger partial charge is 0.455 e. The first-order valence-corrected chi connectivity index (χ1v) is 14.8. The van der Waals surface area contributed by atoms with Crippen LogP contribution >= 0.6 is 10.7 Å². The third-order valence-corrected chi connectivity index (χ3v) is 8.05. The summed E-state index contributed by atoms with van der Waals surface area (Å²) in [6.07, 6.45) is 3.36. The first-order valence-electron chi connectivity index (χ1n) is 10.0. The average molecular weight is 518 g/mol. The fourth-order valence-electron chi connectivity index (χ4n) is 3.05. The molecule has 182 valence electrons. The van der Waals surface area contributed by atoms with Crippen molar-refractivity contribution in [3.63, 3.8) is 0 Å². The summed E-state index contributed by atoms with van der Waals surface area (Å²) in [6.45, 7) is 1.38. The van der Waals surface area contributed by atoms with Crippen LogP contribution in [-0.4, -0.2) is 67.7 Å². The number of sulfonamides is 1. The van der Waals surface area contributed by atoms with Crippen molar-refractivity contribution in [3.8, 4) is 0 Å². The third-order valence-electron chi connectivity index (χ3n) is 4.61. The van der Waals surface area contributed by atoms with Crippen molar-refractivity contribution >= 4 is 47.4 Å². The Kier molecular flexibility index (Phi) is 8.26. The predicted octanol–water partition coefficient (Wildman–Crippen LogP) is 0.300. The second kappa shape index (κ2) is 10.6. The molecule has 0 saturated heterocycles. The highest BCUT2D eigenvalue weighted by atomic mass is 32.2. The molecule has 2 N–H and O–H groups in total. The lowest BCUT2D eigenvalue weighted by Crippen LogP contribution is -2.32. The molecule has 33 heavy (non-hydrogen) atoms. The van der Waals surface area contributed by atoms with Crippen molar-refractivity contribution in [3.05, 3.63) is 55.9 Å². The highest BCUT2D eigenvalue weighted by Gasteiger charge is 2.18. The van der Waals surface area contributed by atoms with Crippen molar-refractivity contribution in [1.29, 1.82) is 0 Å². The van der Waals surface area contributed by atoms with Crippen LogP contribution in [0.4, 0.5) is 0 Å². The molecule has 0 bridgehead atoms. The van der Waals surface area contributed by atoms with Gasteiger partial charge in [-0.15, -0.1) is 0 Å². The molecule has 2 heterocycles. The van der Waals surface area contributed by atoms with Crippen LogP contribution in [0.25, 0.3) is 16.5 Å². The lowest BCUT2D eigenvalue weighted by molar-refractivity contribution is 0.371. The van der Waals surface area contributed by atoms with Crippen molar-refractivity contribution in [2.24, 2.45) is 0 Å². The van der Waals surface area contributed by atoms with Crippen LogP contribution in [0.5, 0.6) is 0 Å². The Morgan fingerprint density at radius 3 is 2.58 bits per heavy atom. The van der Waals surface area contributed by atoms with Gasteiger partial charge in [0.2, 0.25) is 15.5 Å². The number of hydrogen-bond donors (Lipinski definition) is 2. The summed E-state index contributed by atoms with van der Waals surface area (Å²) in [5.41, 5.74) is 0.972. The number of rotatable bonds is 11. The molecule has 1 unspecified atom stereocenters. The summed E-state index contributed by atoms with van der Waals surface area (Å²) in [6, 6.07) is 6.88. The molecular formula is C20H27N3O7S3. The monoisotopic (exact) mass is 517 g/mol. The Bertz CT molecular complexity index is 1460. The standard InChI is InChI=1S/C20H27N3O7S3/c1-23(2)11-6-10-21-31-12-9-15(13-22-33(27,28)14-29-32(3,25)26)19-20(31)18(24)16-7-4-5-8-17(16)30-19/h4-5,7-9,12,21-22H,6,10-11,13-14H2,1-3H3. The van der Waals surface area contributed by atoms with E-state index in [0.29, 0.717) is 33.0 Å². The van der Waals surface area contributed by atoms with Crippen molar-refractivity contribution in [1.82, 2.24) is 14.3 Å². The maximum absolute atomic E-state index is 13.3. The van der Waals surface area contributed by atoms with Gasteiger partial charge < -0.3 is 9.32 Å². The van der Waals surface area contributed by atoms with Crippen LogP contribution in [0.2, 0.25) is 0 Å². The molecule has 0 radical (unpaired) electrons. The van der Waals surface area contributed by atoms with Gasteiger partial charge in [0.05, 0.1) is 11.6 Å². The van der Waals surface area contributed by atoms with Gasteiger partial charge in [-0.3, -0.25) is 13.7 Å². The molecule has 1 aliphatic heterocycles. The van der Waals surface area contributed by atoms with E-state index in [1.165, 1.54) is 0 Å². The second-order valence-electron chi connectivity index (χ2n) is 7.68. The van der Waals surface area contributed by atoms with Gasteiger partial charge in [0.15, 0.2) is 5.94 Å². The van der Waals surface area contributed by atoms with Crippen LogP contribution < -0.4 is 20.3 Å². The Labute approximate surface area is 195 Å². The number of benzene rings is 1. The summed E-state index contributed by atoms with van der Waals surface area (Å²) < 4.78 is 63.1. The Morgan fingerprint density at radius 1 is 1.15 bits per heavy atom. The molecule has 0 fully saturated rings. The minimum absolute atomic E-state index is 0.180. The van der Waals surface area contributed by atoms with E-state index in [9.17, 15) is 21.6 Å². The summed E-state index contributed by atoms with van der Waals surface area (Å²) >= 11 is 0. The van der Waals surface area contributed by atoms with E-state index in [0.717, 1.165) is 19.2 Å². The molecule has 0 amide bonds. The highest BCUT2D eigenvalue weighted by Crippen LogP contribution is 2.20. The summed E-state index contributed by atoms with van der Waals surface area (Å²) in [4.78, 5) is 15.4. The molecule has 3 rings (SSSR count).